The molecule has 0 atom stereocenters. The second-order valence-corrected chi connectivity index (χ2v) is 2.12. The van der Waals surface area contributed by atoms with Crippen molar-refractivity contribution in [2.75, 3.05) is 14.1 Å². The zero-order valence-electron chi connectivity index (χ0n) is 6.92. The molecule has 0 bridgehead atoms. The number of amides is 1. The molecule has 0 radical (unpaired) electrons. The lowest BCUT2D eigenvalue weighted by Crippen LogP contribution is -2.06. The number of nitrogens with zero attached hydrogens (tertiary/aromatic N) is 1. The van der Waals surface area contributed by atoms with Gasteiger partial charge in [-0.15, -0.1) is 0 Å². The van der Waals surface area contributed by atoms with Gasteiger partial charge in [0.25, 0.3) is 0 Å². The highest BCUT2D eigenvalue weighted by Gasteiger charge is 1.68. The summed E-state index contributed by atoms with van der Waals surface area (Å²) in [5, 5.41) is 0. The molecule has 0 rings (SSSR count). The lowest BCUT2D eigenvalue weighted by Gasteiger charge is -1.93. The van der Waals surface area contributed by atoms with Gasteiger partial charge in [-0.25, -0.2) is 0 Å². The van der Waals surface area contributed by atoms with Gasteiger partial charge >= 0.3 is 0 Å². The average molecular weight is 141 g/mol. The Labute approximate surface area is 62.8 Å². The van der Waals surface area contributed by atoms with Gasteiger partial charge in [-0.05, 0) is 6.92 Å². The summed E-state index contributed by atoms with van der Waals surface area (Å²) in [7, 11) is 3.38. The molecule has 2 heteroatoms. The van der Waals surface area contributed by atoms with E-state index in [0.717, 1.165) is 12.0 Å². The molecule has 1 amide bonds. The number of allylic oxidation sites excluding steroid dienone is 2. The monoisotopic (exact) mass is 141 g/mol. The molecule has 0 saturated heterocycles. The molecule has 0 fully saturated rings. The van der Waals surface area contributed by atoms with Gasteiger partial charge in [0.1, 0.15) is 0 Å². The highest BCUT2D eigenvalue weighted by atomic mass is 16.1. The molecule has 0 aliphatic rings. The number of hydrogen-bond acceptors (Lipinski definition) is 1. The van der Waals surface area contributed by atoms with Crippen LogP contribution in [0.5, 0.6) is 0 Å². The Kier molecular flexibility index (Phi) is 9.31. The van der Waals surface area contributed by atoms with Crippen LogP contribution in [-0.2, 0) is 4.79 Å². The minimum absolute atomic E-state index is 0.750. The van der Waals surface area contributed by atoms with Crippen molar-refractivity contribution in [3.05, 3.63) is 24.8 Å². The molecular formula is C8H15NO. The number of rotatable bonds is 2. The van der Waals surface area contributed by atoms with Crippen LogP contribution in [0.1, 0.15) is 6.92 Å². The summed E-state index contributed by atoms with van der Waals surface area (Å²) in [6, 6.07) is 0. The summed E-state index contributed by atoms with van der Waals surface area (Å²) in [6.45, 7) is 8.93. The first kappa shape index (κ1) is 11.7. The Morgan fingerprint density at radius 2 is 1.70 bits per heavy atom. The van der Waals surface area contributed by atoms with Crippen molar-refractivity contribution >= 4 is 6.41 Å². The zero-order chi connectivity index (χ0) is 8.57. The Morgan fingerprint density at radius 1 is 1.50 bits per heavy atom. The fourth-order valence-corrected chi connectivity index (χ4v) is 0. The number of carbonyl (C=O) groups excluding carboxylic acids is 1. The molecule has 0 aromatic carbocycles. The van der Waals surface area contributed by atoms with Crippen LogP contribution in [0.25, 0.3) is 0 Å². The van der Waals surface area contributed by atoms with Crippen molar-refractivity contribution in [1.29, 1.82) is 0 Å². The van der Waals surface area contributed by atoms with E-state index in [1.54, 1.807) is 20.2 Å². The minimum Gasteiger partial charge on any atom is -0.351 e. The van der Waals surface area contributed by atoms with Crippen molar-refractivity contribution in [1.82, 2.24) is 4.90 Å². The maximum Gasteiger partial charge on any atom is 0.209 e. The normalized spacial score (nSPS) is 6.70. The summed E-state index contributed by atoms with van der Waals surface area (Å²) in [4.78, 5) is 10.9. The van der Waals surface area contributed by atoms with Gasteiger partial charge < -0.3 is 4.90 Å². The fourth-order valence-electron chi connectivity index (χ4n) is 0. The van der Waals surface area contributed by atoms with Gasteiger partial charge in [-0.3, -0.25) is 4.79 Å². The van der Waals surface area contributed by atoms with Gasteiger partial charge in [-0.2, -0.15) is 0 Å². The fraction of sp³-hybridized carbons (Fsp3) is 0.375. The van der Waals surface area contributed by atoms with E-state index in [0.29, 0.717) is 0 Å². The summed E-state index contributed by atoms with van der Waals surface area (Å²) in [5.74, 6) is 0. The molecule has 0 aliphatic carbocycles. The largest absolute Gasteiger partial charge is 0.351 e. The first-order valence-electron chi connectivity index (χ1n) is 2.94. The van der Waals surface area contributed by atoms with E-state index in [1.807, 2.05) is 6.92 Å². The highest BCUT2D eigenvalue weighted by molar-refractivity contribution is 5.45. The van der Waals surface area contributed by atoms with Crippen LogP contribution < -0.4 is 0 Å². The average Bonchev–Trinajstić information content (AvgIpc) is 1.89. The van der Waals surface area contributed by atoms with Crippen LogP contribution in [0, 0.1) is 0 Å². The minimum atomic E-state index is 0.750. The third-order valence-electron chi connectivity index (χ3n) is 0.559. The van der Waals surface area contributed by atoms with E-state index >= 15 is 0 Å². The van der Waals surface area contributed by atoms with Gasteiger partial charge in [0.2, 0.25) is 6.41 Å². The molecule has 0 aromatic rings. The van der Waals surface area contributed by atoms with Crippen LogP contribution in [0.3, 0.4) is 0 Å². The first-order chi connectivity index (χ1) is 4.54. The van der Waals surface area contributed by atoms with E-state index in [-0.39, 0.29) is 0 Å². The van der Waals surface area contributed by atoms with E-state index in [1.165, 1.54) is 4.90 Å². The summed E-state index contributed by atoms with van der Waals surface area (Å²) in [6.07, 6.45) is 2.47. The molecule has 58 valence electrons. The van der Waals surface area contributed by atoms with Crippen LogP contribution in [0.4, 0.5) is 0 Å². The molecule has 0 saturated carbocycles. The van der Waals surface area contributed by atoms with E-state index in [2.05, 4.69) is 13.2 Å². The molecule has 0 N–H and O–H groups in total. The van der Waals surface area contributed by atoms with Crippen LogP contribution in [-0.4, -0.2) is 25.4 Å². The number of carbonyl (C=O) groups is 1. The van der Waals surface area contributed by atoms with Crippen molar-refractivity contribution in [3.8, 4) is 0 Å². The second-order valence-electron chi connectivity index (χ2n) is 2.12. The van der Waals surface area contributed by atoms with Gasteiger partial charge in [0.15, 0.2) is 0 Å². The van der Waals surface area contributed by atoms with E-state index < -0.39 is 0 Å². The predicted octanol–water partition coefficient (Wildman–Crippen LogP) is 1.45. The third kappa shape index (κ3) is 28.3. The summed E-state index contributed by atoms with van der Waals surface area (Å²) < 4.78 is 0. The molecule has 0 aliphatic heterocycles. The predicted molar refractivity (Wildman–Crippen MR) is 44.8 cm³/mol. The maximum atomic E-state index is 9.43. The lowest BCUT2D eigenvalue weighted by molar-refractivity contribution is -0.115. The Balaban J connectivity index is 0. The lowest BCUT2D eigenvalue weighted by atomic mass is 10.4. The smallest absolute Gasteiger partial charge is 0.209 e. The second kappa shape index (κ2) is 7.95. The quantitative estimate of drug-likeness (QED) is 0.421. The van der Waals surface area contributed by atoms with Gasteiger partial charge in [-0.1, -0.05) is 24.8 Å². The Morgan fingerprint density at radius 3 is 1.70 bits per heavy atom. The van der Waals surface area contributed by atoms with Crippen LogP contribution in [0.15, 0.2) is 24.8 Å². The standard InChI is InChI=1S/C5H8.C3H7NO/c1-4-5(2)3;1-4(2)3-5/h4H,1-2H2,3H3;3H,1-2H3. The van der Waals surface area contributed by atoms with Crippen LogP contribution >= 0.6 is 0 Å². The highest BCUT2D eigenvalue weighted by Crippen LogP contribution is 1.81. The maximum absolute atomic E-state index is 9.43. The third-order valence-corrected chi connectivity index (χ3v) is 0.559. The molecule has 0 unspecified atom stereocenters. The van der Waals surface area contributed by atoms with E-state index in [9.17, 15) is 4.79 Å². The van der Waals surface area contributed by atoms with E-state index in [4.69, 9.17) is 0 Å². The Bertz CT molecular complexity index is 116. The molecule has 2 nitrogen and oxygen atoms in total. The number of hydrogen-bond donors (Lipinski definition) is 0. The zero-order valence-corrected chi connectivity index (χ0v) is 6.92. The molecule has 10 heavy (non-hydrogen) atoms. The summed E-state index contributed by atoms with van der Waals surface area (Å²) in [5.41, 5.74) is 1.02. The van der Waals surface area contributed by atoms with Gasteiger partial charge in [0.05, 0.1) is 0 Å². The van der Waals surface area contributed by atoms with Crippen molar-refractivity contribution in [2.24, 2.45) is 0 Å². The molecule has 0 heterocycles. The van der Waals surface area contributed by atoms with Crippen molar-refractivity contribution < 1.29 is 4.79 Å². The first-order valence-corrected chi connectivity index (χ1v) is 2.94. The van der Waals surface area contributed by atoms with Crippen molar-refractivity contribution in [2.45, 2.75) is 6.92 Å². The van der Waals surface area contributed by atoms with Gasteiger partial charge in [0, 0.05) is 14.1 Å². The van der Waals surface area contributed by atoms with Crippen molar-refractivity contribution in [3.63, 3.8) is 0 Å². The van der Waals surface area contributed by atoms with Crippen LogP contribution in [0.2, 0.25) is 0 Å². The SMILES string of the molecule is C=CC(=C)C.CN(C)C=O. The Hall–Kier alpha value is -1.05. The topological polar surface area (TPSA) is 20.3 Å². The molecule has 0 spiro atoms. The molecule has 0 aromatic heterocycles. The molecular weight excluding hydrogens is 126 g/mol. The summed E-state index contributed by atoms with van der Waals surface area (Å²) >= 11 is 0.